The van der Waals surface area contributed by atoms with E-state index in [9.17, 15) is 14.4 Å². The lowest BCUT2D eigenvalue weighted by atomic mass is 9.92. The molecule has 6 nitrogen and oxygen atoms in total. The molecule has 0 saturated carbocycles. The SMILES string of the molecule is CNC(=O)C(C)(C)CNC(=O)c1c[nH]ccc1=O. The minimum atomic E-state index is -0.730. The van der Waals surface area contributed by atoms with Crippen molar-refractivity contribution in [2.75, 3.05) is 13.6 Å². The lowest BCUT2D eigenvalue weighted by Crippen LogP contribution is -2.44. The number of carbonyl (C=O) groups is 2. The lowest BCUT2D eigenvalue weighted by Gasteiger charge is -2.22. The average Bonchev–Trinajstić information content (AvgIpc) is 2.35. The summed E-state index contributed by atoms with van der Waals surface area (Å²) in [7, 11) is 1.54. The minimum absolute atomic E-state index is 0.0326. The maximum absolute atomic E-state index is 11.8. The van der Waals surface area contributed by atoms with Gasteiger partial charge in [0, 0.05) is 32.1 Å². The summed E-state index contributed by atoms with van der Waals surface area (Å²) in [5.74, 6) is -0.668. The van der Waals surface area contributed by atoms with Gasteiger partial charge in [-0.3, -0.25) is 14.4 Å². The Bertz CT molecular complexity index is 505. The molecule has 0 bridgehead atoms. The van der Waals surface area contributed by atoms with Crippen molar-refractivity contribution in [3.63, 3.8) is 0 Å². The highest BCUT2D eigenvalue weighted by Crippen LogP contribution is 2.13. The van der Waals surface area contributed by atoms with Gasteiger partial charge in [0.1, 0.15) is 5.56 Å². The number of carbonyl (C=O) groups excluding carboxylic acids is 2. The maximum Gasteiger partial charge on any atom is 0.256 e. The van der Waals surface area contributed by atoms with Crippen molar-refractivity contribution < 1.29 is 9.59 Å². The van der Waals surface area contributed by atoms with Gasteiger partial charge >= 0.3 is 0 Å². The van der Waals surface area contributed by atoms with E-state index in [4.69, 9.17) is 0 Å². The molecular weight excluding hydrogens is 234 g/mol. The summed E-state index contributed by atoms with van der Waals surface area (Å²) in [5.41, 5.74) is -1.06. The minimum Gasteiger partial charge on any atom is -0.367 e. The fourth-order valence-corrected chi connectivity index (χ4v) is 1.41. The molecule has 0 aliphatic carbocycles. The summed E-state index contributed by atoms with van der Waals surface area (Å²) in [6.07, 6.45) is 2.79. The van der Waals surface area contributed by atoms with Crippen LogP contribution in [0.15, 0.2) is 23.3 Å². The number of aromatic amines is 1. The Balaban J connectivity index is 2.71. The van der Waals surface area contributed by atoms with Crippen LogP contribution in [0, 0.1) is 5.41 Å². The third kappa shape index (κ3) is 3.19. The molecule has 0 aliphatic heterocycles. The number of amides is 2. The monoisotopic (exact) mass is 251 g/mol. The molecule has 1 rings (SSSR count). The smallest absolute Gasteiger partial charge is 0.256 e. The van der Waals surface area contributed by atoms with Crippen LogP contribution in [0.2, 0.25) is 0 Å². The van der Waals surface area contributed by atoms with E-state index in [2.05, 4.69) is 15.6 Å². The predicted octanol–water partition coefficient (Wildman–Crippen LogP) is -0.123. The second-order valence-corrected chi connectivity index (χ2v) is 4.57. The van der Waals surface area contributed by atoms with Gasteiger partial charge in [-0.2, -0.15) is 0 Å². The van der Waals surface area contributed by atoms with Crippen molar-refractivity contribution in [3.05, 3.63) is 34.2 Å². The quantitative estimate of drug-likeness (QED) is 0.696. The summed E-state index contributed by atoms with van der Waals surface area (Å²) >= 11 is 0. The Morgan fingerprint density at radius 2 is 2.06 bits per heavy atom. The number of hydrogen-bond donors (Lipinski definition) is 3. The van der Waals surface area contributed by atoms with Gasteiger partial charge in [-0.05, 0) is 13.8 Å². The lowest BCUT2D eigenvalue weighted by molar-refractivity contribution is -0.128. The van der Waals surface area contributed by atoms with E-state index < -0.39 is 11.3 Å². The molecule has 2 amide bonds. The van der Waals surface area contributed by atoms with Crippen LogP contribution in [0.25, 0.3) is 0 Å². The van der Waals surface area contributed by atoms with Crippen molar-refractivity contribution in [1.29, 1.82) is 0 Å². The Hall–Kier alpha value is -2.11. The van der Waals surface area contributed by atoms with Crippen LogP contribution in [-0.4, -0.2) is 30.4 Å². The Kier molecular flexibility index (Phi) is 4.25. The van der Waals surface area contributed by atoms with Gasteiger partial charge in [0.25, 0.3) is 5.91 Å². The largest absolute Gasteiger partial charge is 0.367 e. The standard InChI is InChI=1S/C12H17N3O3/c1-12(2,11(18)13-3)7-15-10(17)8-6-14-5-4-9(8)16/h4-6H,7H2,1-3H3,(H,13,18)(H,14,16)(H,15,17). The summed E-state index contributed by atoms with van der Waals surface area (Å²) < 4.78 is 0. The fraction of sp³-hybridized carbons (Fsp3) is 0.417. The summed E-state index contributed by atoms with van der Waals surface area (Å²) in [5, 5.41) is 5.10. The first kappa shape index (κ1) is 14.0. The van der Waals surface area contributed by atoms with Gasteiger partial charge in [0.2, 0.25) is 5.91 Å². The van der Waals surface area contributed by atoms with Crippen LogP contribution in [0.4, 0.5) is 0 Å². The number of hydrogen-bond acceptors (Lipinski definition) is 3. The Morgan fingerprint density at radius 3 is 2.61 bits per heavy atom. The second kappa shape index (κ2) is 5.48. The van der Waals surface area contributed by atoms with Gasteiger partial charge < -0.3 is 15.6 Å². The second-order valence-electron chi connectivity index (χ2n) is 4.57. The Labute approximate surface area is 105 Å². The molecule has 0 aliphatic rings. The molecule has 1 aromatic rings. The molecule has 1 aromatic heterocycles. The van der Waals surface area contributed by atoms with Crippen molar-refractivity contribution in [3.8, 4) is 0 Å². The van der Waals surface area contributed by atoms with E-state index in [1.807, 2.05) is 0 Å². The average molecular weight is 251 g/mol. The number of rotatable bonds is 4. The maximum atomic E-state index is 11.8. The number of H-pyrrole nitrogens is 1. The van der Waals surface area contributed by atoms with Crippen molar-refractivity contribution in [2.24, 2.45) is 5.41 Å². The van der Waals surface area contributed by atoms with Gasteiger partial charge in [0.15, 0.2) is 5.43 Å². The van der Waals surface area contributed by atoms with Crippen molar-refractivity contribution in [1.82, 2.24) is 15.6 Å². The first-order valence-electron chi connectivity index (χ1n) is 5.56. The van der Waals surface area contributed by atoms with Crippen LogP contribution in [0.1, 0.15) is 24.2 Å². The van der Waals surface area contributed by atoms with E-state index in [1.165, 1.54) is 25.5 Å². The molecule has 98 valence electrons. The van der Waals surface area contributed by atoms with Gasteiger partial charge in [-0.1, -0.05) is 0 Å². The zero-order chi connectivity index (χ0) is 13.8. The van der Waals surface area contributed by atoms with E-state index in [0.717, 1.165) is 0 Å². The molecule has 0 aromatic carbocycles. The zero-order valence-electron chi connectivity index (χ0n) is 10.7. The van der Waals surface area contributed by atoms with Crippen molar-refractivity contribution >= 4 is 11.8 Å². The Morgan fingerprint density at radius 1 is 1.39 bits per heavy atom. The van der Waals surface area contributed by atoms with Gasteiger partial charge in [-0.25, -0.2) is 0 Å². The highest BCUT2D eigenvalue weighted by atomic mass is 16.2. The fourth-order valence-electron chi connectivity index (χ4n) is 1.41. The van der Waals surface area contributed by atoms with E-state index in [1.54, 1.807) is 13.8 Å². The molecule has 1 heterocycles. The topological polar surface area (TPSA) is 91.1 Å². The zero-order valence-corrected chi connectivity index (χ0v) is 10.7. The molecule has 6 heteroatoms. The van der Waals surface area contributed by atoms with Crippen LogP contribution in [-0.2, 0) is 4.79 Å². The molecule has 3 N–H and O–H groups in total. The number of aromatic nitrogens is 1. The first-order valence-corrected chi connectivity index (χ1v) is 5.56. The van der Waals surface area contributed by atoms with E-state index in [-0.39, 0.29) is 23.4 Å². The summed E-state index contributed by atoms with van der Waals surface area (Å²) in [4.78, 5) is 37.4. The van der Waals surface area contributed by atoms with Gasteiger partial charge in [0.05, 0.1) is 5.41 Å². The van der Waals surface area contributed by atoms with Crippen molar-refractivity contribution in [2.45, 2.75) is 13.8 Å². The molecule has 0 fully saturated rings. The van der Waals surface area contributed by atoms with E-state index >= 15 is 0 Å². The third-order valence-electron chi connectivity index (χ3n) is 2.60. The van der Waals surface area contributed by atoms with E-state index in [0.29, 0.717) is 0 Å². The van der Waals surface area contributed by atoms with Crippen LogP contribution in [0.3, 0.4) is 0 Å². The predicted molar refractivity (Wildman–Crippen MR) is 67.2 cm³/mol. The molecule has 0 spiro atoms. The van der Waals surface area contributed by atoms with Gasteiger partial charge in [-0.15, -0.1) is 0 Å². The molecule has 18 heavy (non-hydrogen) atoms. The highest BCUT2D eigenvalue weighted by molar-refractivity contribution is 5.94. The molecule has 0 radical (unpaired) electrons. The summed E-state index contributed by atoms with van der Waals surface area (Å²) in [6, 6.07) is 1.28. The molecule has 0 unspecified atom stereocenters. The number of pyridine rings is 1. The third-order valence-corrected chi connectivity index (χ3v) is 2.60. The highest BCUT2D eigenvalue weighted by Gasteiger charge is 2.27. The summed E-state index contributed by atoms with van der Waals surface area (Å²) in [6.45, 7) is 3.57. The van der Waals surface area contributed by atoms with Crippen LogP contribution >= 0.6 is 0 Å². The van der Waals surface area contributed by atoms with Crippen LogP contribution < -0.4 is 16.1 Å². The normalized spacial score (nSPS) is 10.8. The number of nitrogens with one attached hydrogen (secondary N) is 3. The molecule has 0 atom stereocenters. The molecular formula is C12H17N3O3. The molecule has 0 saturated heterocycles. The first-order chi connectivity index (χ1) is 8.38. The van der Waals surface area contributed by atoms with Crippen LogP contribution in [0.5, 0.6) is 0 Å².